The van der Waals surface area contributed by atoms with E-state index in [-0.39, 0.29) is 24.8 Å². The molecule has 6 heteroatoms. The predicted octanol–water partition coefficient (Wildman–Crippen LogP) is 0.342. The van der Waals surface area contributed by atoms with E-state index >= 15 is 0 Å². The fourth-order valence-electron chi connectivity index (χ4n) is 2.26. The number of carbonyl (C=O) groups excluding carboxylic acids is 2. The van der Waals surface area contributed by atoms with Crippen molar-refractivity contribution in [2.75, 3.05) is 6.54 Å². The van der Waals surface area contributed by atoms with Gasteiger partial charge in [-0.2, -0.15) is 0 Å². The molecule has 1 aliphatic heterocycles. The van der Waals surface area contributed by atoms with Crippen molar-refractivity contribution in [1.29, 1.82) is 0 Å². The van der Waals surface area contributed by atoms with Gasteiger partial charge in [-0.05, 0) is 31.0 Å². The molecule has 0 aliphatic carbocycles. The maximum absolute atomic E-state index is 13.5. The van der Waals surface area contributed by atoms with E-state index in [1.165, 1.54) is 17.9 Å². The van der Waals surface area contributed by atoms with Crippen LogP contribution in [0.25, 0.3) is 0 Å². The number of aliphatic hydroxyl groups is 1. The molecule has 1 fully saturated rings. The van der Waals surface area contributed by atoms with Crippen LogP contribution in [0.15, 0.2) is 18.2 Å². The first-order chi connectivity index (χ1) is 9.40. The molecule has 2 atom stereocenters. The number of amides is 2. The van der Waals surface area contributed by atoms with Crippen LogP contribution in [0, 0.1) is 12.7 Å². The molecule has 0 unspecified atom stereocenters. The summed E-state index contributed by atoms with van der Waals surface area (Å²) in [7, 11) is 0. The van der Waals surface area contributed by atoms with Gasteiger partial charge in [0.05, 0.1) is 12.6 Å². The number of carbonyl (C=O) groups is 2. The molecule has 0 aromatic heterocycles. The molecule has 1 aromatic rings. The Kier molecular flexibility index (Phi) is 4.04. The molecule has 1 aromatic carbocycles. The minimum atomic E-state index is -0.991. The lowest BCUT2D eigenvalue weighted by Gasteiger charge is -2.36. The van der Waals surface area contributed by atoms with Crippen LogP contribution in [0.5, 0.6) is 0 Å². The van der Waals surface area contributed by atoms with Crippen molar-refractivity contribution in [3.63, 3.8) is 0 Å². The minimum Gasteiger partial charge on any atom is -0.391 e. The lowest BCUT2D eigenvalue weighted by molar-refractivity contribution is -0.150. The first-order valence-corrected chi connectivity index (χ1v) is 6.40. The summed E-state index contributed by atoms with van der Waals surface area (Å²) < 4.78 is 13.5. The summed E-state index contributed by atoms with van der Waals surface area (Å²) in [6.45, 7) is 3.10. The van der Waals surface area contributed by atoms with Gasteiger partial charge in [-0.3, -0.25) is 9.59 Å². The number of nitrogens with one attached hydrogen (secondary N) is 1. The SMILES string of the molecule is Cc1ccc(CN2C(=O)CNC(=O)[C@@H]2[C@H](C)O)cc1F. The zero-order valence-corrected chi connectivity index (χ0v) is 11.4. The van der Waals surface area contributed by atoms with Crippen LogP contribution in [-0.2, 0) is 16.1 Å². The van der Waals surface area contributed by atoms with Gasteiger partial charge in [0.25, 0.3) is 0 Å². The molecular weight excluding hydrogens is 263 g/mol. The summed E-state index contributed by atoms with van der Waals surface area (Å²) in [4.78, 5) is 25.0. The molecule has 0 radical (unpaired) electrons. The van der Waals surface area contributed by atoms with Crippen molar-refractivity contribution < 1.29 is 19.1 Å². The van der Waals surface area contributed by atoms with Gasteiger partial charge in [0.1, 0.15) is 11.9 Å². The number of aryl methyl sites for hydroxylation is 1. The van der Waals surface area contributed by atoms with E-state index in [1.54, 1.807) is 19.1 Å². The van der Waals surface area contributed by atoms with Crippen LogP contribution in [0.2, 0.25) is 0 Å². The second kappa shape index (κ2) is 5.58. The summed E-state index contributed by atoms with van der Waals surface area (Å²) in [5.74, 6) is -1.05. The zero-order chi connectivity index (χ0) is 14.9. The van der Waals surface area contributed by atoms with Crippen LogP contribution in [0.1, 0.15) is 18.1 Å². The number of piperazine rings is 1. The number of hydrogen-bond acceptors (Lipinski definition) is 3. The molecule has 0 spiro atoms. The second-order valence-corrected chi connectivity index (χ2v) is 5.01. The van der Waals surface area contributed by atoms with Crippen LogP contribution in [0.4, 0.5) is 4.39 Å². The zero-order valence-electron chi connectivity index (χ0n) is 11.4. The van der Waals surface area contributed by atoms with Gasteiger partial charge in [-0.15, -0.1) is 0 Å². The molecule has 2 N–H and O–H groups in total. The number of hydrogen-bond donors (Lipinski definition) is 2. The van der Waals surface area contributed by atoms with Crippen molar-refractivity contribution in [1.82, 2.24) is 10.2 Å². The highest BCUT2D eigenvalue weighted by atomic mass is 19.1. The van der Waals surface area contributed by atoms with Crippen molar-refractivity contribution in [2.24, 2.45) is 0 Å². The standard InChI is InChI=1S/C14H17FN2O3/c1-8-3-4-10(5-11(8)15)7-17-12(19)6-16-14(20)13(17)9(2)18/h3-5,9,13,18H,6-7H2,1-2H3,(H,16,20)/t9-,13-/m0/s1. The third-order valence-corrected chi connectivity index (χ3v) is 3.38. The van der Waals surface area contributed by atoms with E-state index in [0.717, 1.165) is 0 Å². The number of rotatable bonds is 3. The van der Waals surface area contributed by atoms with Gasteiger partial charge in [-0.1, -0.05) is 12.1 Å². The maximum Gasteiger partial charge on any atom is 0.245 e. The van der Waals surface area contributed by atoms with Crippen molar-refractivity contribution >= 4 is 11.8 Å². The molecular formula is C14H17FN2O3. The summed E-state index contributed by atoms with van der Waals surface area (Å²) in [6, 6.07) is 3.72. The monoisotopic (exact) mass is 280 g/mol. The highest BCUT2D eigenvalue weighted by Gasteiger charge is 2.37. The third-order valence-electron chi connectivity index (χ3n) is 3.38. The molecule has 108 valence electrons. The average Bonchev–Trinajstić information content (AvgIpc) is 2.38. The Bertz CT molecular complexity index is 545. The van der Waals surface area contributed by atoms with Crippen LogP contribution in [0.3, 0.4) is 0 Å². The van der Waals surface area contributed by atoms with Crippen molar-refractivity contribution in [2.45, 2.75) is 32.5 Å². The Morgan fingerprint density at radius 2 is 2.20 bits per heavy atom. The highest BCUT2D eigenvalue weighted by molar-refractivity contribution is 5.95. The number of halogens is 1. The van der Waals surface area contributed by atoms with E-state index in [0.29, 0.717) is 11.1 Å². The van der Waals surface area contributed by atoms with E-state index in [4.69, 9.17) is 0 Å². The molecule has 5 nitrogen and oxygen atoms in total. The van der Waals surface area contributed by atoms with Gasteiger partial charge in [0, 0.05) is 6.54 Å². The summed E-state index contributed by atoms with van der Waals surface area (Å²) in [5.41, 5.74) is 1.10. The minimum absolute atomic E-state index is 0.0962. The Balaban J connectivity index is 2.25. The van der Waals surface area contributed by atoms with Crippen molar-refractivity contribution in [3.05, 3.63) is 35.1 Å². The van der Waals surface area contributed by atoms with Gasteiger partial charge in [0.15, 0.2) is 0 Å². The topological polar surface area (TPSA) is 69.6 Å². The van der Waals surface area contributed by atoms with Crippen LogP contribution in [-0.4, -0.2) is 40.5 Å². The summed E-state index contributed by atoms with van der Waals surface area (Å²) in [5, 5.41) is 12.1. The second-order valence-electron chi connectivity index (χ2n) is 5.01. The van der Waals surface area contributed by atoms with E-state index in [9.17, 15) is 19.1 Å². The van der Waals surface area contributed by atoms with Crippen molar-refractivity contribution in [3.8, 4) is 0 Å². The molecule has 1 aliphatic rings. The average molecular weight is 280 g/mol. The Labute approximate surface area is 116 Å². The van der Waals surface area contributed by atoms with Crippen LogP contribution >= 0.6 is 0 Å². The maximum atomic E-state index is 13.5. The van der Waals surface area contributed by atoms with E-state index < -0.39 is 18.1 Å². The predicted molar refractivity (Wildman–Crippen MR) is 70.2 cm³/mol. The number of aliphatic hydroxyl groups excluding tert-OH is 1. The molecule has 0 bridgehead atoms. The normalized spacial score (nSPS) is 20.8. The van der Waals surface area contributed by atoms with Gasteiger partial charge in [0.2, 0.25) is 11.8 Å². The van der Waals surface area contributed by atoms with Crippen LogP contribution < -0.4 is 5.32 Å². The third kappa shape index (κ3) is 2.80. The first kappa shape index (κ1) is 14.5. The largest absolute Gasteiger partial charge is 0.391 e. The van der Waals surface area contributed by atoms with E-state index in [2.05, 4.69) is 5.32 Å². The Morgan fingerprint density at radius 3 is 2.80 bits per heavy atom. The smallest absolute Gasteiger partial charge is 0.245 e. The molecule has 20 heavy (non-hydrogen) atoms. The Hall–Kier alpha value is -1.95. The summed E-state index contributed by atoms with van der Waals surface area (Å²) in [6.07, 6.45) is -0.991. The molecule has 0 saturated carbocycles. The fourth-order valence-corrected chi connectivity index (χ4v) is 2.26. The number of benzene rings is 1. The van der Waals surface area contributed by atoms with E-state index in [1.807, 2.05) is 0 Å². The quantitative estimate of drug-likeness (QED) is 0.839. The lowest BCUT2D eigenvalue weighted by Crippen LogP contribution is -2.61. The molecule has 1 heterocycles. The highest BCUT2D eigenvalue weighted by Crippen LogP contribution is 2.17. The Morgan fingerprint density at radius 1 is 1.50 bits per heavy atom. The fraction of sp³-hybridized carbons (Fsp3) is 0.429. The van der Waals surface area contributed by atoms with Gasteiger partial charge in [-0.25, -0.2) is 4.39 Å². The lowest BCUT2D eigenvalue weighted by atomic mass is 10.0. The summed E-state index contributed by atoms with van der Waals surface area (Å²) >= 11 is 0. The molecule has 1 saturated heterocycles. The van der Waals surface area contributed by atoms with Gasteiger partial charge < -0.3 is 15.3 Å². The first-order valence-electron chi connectivity index (χ1n) is 6.40. The molecule has 2 rings (SSSR count). The van der Waals surface area contributed by atoms with Gasteiger partial charge >= 0.3 is 0 Å². The number of nitrogens with zero attached hydrogens (tertiary/aromatic N) is 1. The molecule has 2 amide bonds.